The number of rotatable bonds is 4. The Kier molecular flexibility index (Phi) is 4.50. The Morgan fingerprint density at radius 2 is 1.85 bits per heavy atom. The zero-order valence-corrected chi connectivity index (χ0v) is 13.8. The van der Waals surface area contributed by atoms with E-state index in [2.05, 4.69) is 20.7 Å². The number of nitrogens with one attached hydrogen (secondary N) is 1. The number of hydrogen-bond acceptors (Lipinski definition) is 2. The lowest BCUT2D eigenvalue weighted by Gasteiger charge is -2.13. The van der Waals surface area contributed by atoms with Gasteiger partial charge in [0, 0.05) is 4.47 Å². The molecular formula is C15H16BrNO2S. The minimum atomic E-state index is -3.59. The molecule has 0 fully saturated rings. The topological polar surface area (TPSA) is 46.2 Å². The first kappa shape index (κ1) is 15.1. The third kappa shape index (κ3) is 3.22. The summed E-state index contributed by atoms with van der Waals surface area (Å²) in [6.45, 7) is 3.91. The molecule has 0 radical (unpaired) electrons. The van der Waals surface area contributed by atoms with Gasteiger partial charge in [0.25, 0.3) is 10.0 Å². The van der Waals surface area contributed by atoms with Crippen molar-refractivity contribution in [1.29, 1.82) is 0 Å². The van der Waals surface area contributed by atoms with E-state index in [4.69, 9.17) is 0 Å². The first-order valence-corrected chi connectivity index (χ1v) is 8.58. The van der Waals surface area contributed by atoms with E-state index in [0.29, 0.717) is 10.2 Å². The maximum Gasteiger partial charge on any atom is 0.263 e. The summed E-state index contributed by atoms with van der Waals surface area (Å²) in [5, 5.41) is 0. The van der Waals surface area contributed by atoms with E-state index in [9.17, 15) is 8.42 Å². The van der Waals surface area contributed by atoms with E-state index in [1.54, 1.807) is 24.3 Å². The van der Waals surface area contributed by atoms with Gasteiger partial charge in [0.15, 0.2) is 0 Å². The summed E-state index contributed by atoms with van der Waals surface area (Å²) < 4.78 is 28.1. The normalized spacial score (nSPS) is 11.3. The Balaban J connectivity index is 2.41. The van der Waals surface area contributed by atoms with E-state index < -0.39 is 10.0 Å². The maximum absolute atomic E-state index is 12.5. The Bertz CT molecular complexity index is 726. The number of hydrogen-bond donors (Lipinski definition) is 1. The highest BCUT2D eigenvalue weighted by atomic mass is 79.9. The lowest BCUT2D eigenvalue weighted by Crippen LogP contribution is -2.14. The molecule has 0 bridgehead atoms. The predicted molar refractivity (Wildman–Crippen MR) is 85.5 cm³/mol. The van der Waals surface area contributed by atoms with Crippen molar-refractivity contribution in [2.75, 3.05) is 4.72 Å². The minimum Gasteiger partial charge on any atom is -0.279 e. The van der Waals surface area contributed by atoms with Crippen molar-refractivity contribution in [1.82, 2.24) is 0 Å². The van der Waals surface area contributed by atoms with Crippen LogP contribution in [0.4, 0.5) is 5.69 Å². The van der Waals surface area contributed by atoms with Crippen LogP contribution in [0.3, 0.4) is 0 Å². The summed E-state index contributed by atoms with van der Waals surface area (Å²) in [6, 6.07) is 12.6. The molecule has 0 heterocycles. The second kappa shape index (κ2) is 5.97. The summed E-state index contributed by atoms with van der Waals surface area (Å²) in [4.78, 5) is 0.244. The molecule has 0 spiro atoms. The monoisotopic (exact) mass is 353 g/mol. The predicted octanol–water partition coefficient (Wildman–Crippen LogP) is 4.12. The summed E-state index contributed by atoms with van der Waals surface area (Å²) in [7, 11) is -3.59. The zero-order valence-electron chi connectivity index (χ0n) is 11.4. The van der Waals surface area contributed by atoms with E-state index in [1.807, 2.05) is 32.0 Å². The molecule has 0 aliphatic heterocycles. The fourth-order valence-corrected chi connectivity index (χ4v) is 4.25. The number of sulfonamides is 1. The lowest BCUT2D eigenvalue weighted by molar-refractivity contribution is 0.600. The summed E-state index contributed by atoms with van der Waals surface area (Å²) >= 11 is 3.31. The number of aryl methyl sites for hydroxylation is 2. The molecule has 1 N–H and O–H groups in total. The first-order chi connectivity index (χ1) is 9.44. The van der Waals surface area contributed by atoms with Crippen molar-refractivity contribution in [3.63, 3.8) is 0 Å². The van der Waals surface area contributed by atoms with Crippen LogP contribution in [0, 0.1) is 6.92 Å². The van der Waals surface area contributed by atoms with Crippen LogP contribution in [0.25, 0.3) is 0 Å². The van der Waals surface area contributed by atoms with Gasteiger partial charge in [-0.1, -0.05) is 31.2 Å². The molecule has 5 heteroatoms. The highest BCUT2D eigenvalue weighted by Crippen LogP contribution is 2.26. The first-order valence-electron chi connectivity index (χ1n) is 6.31. The van der Waals surface area contributed by atoms with Crippen LogP contribution >= 0.6 is 15.9 Å². The Morgan fingerprint density at radius 1 is 1.15 bits per heavy atom. The van der Waals surface area contributed by atoms with Gasteiger partial charge in [-0.15, -0.1) is 0 Å². The van der Waals surface area contributed by atoms with Gasteiger partial charge in [-0.05, 0) is 58.6 Å². The molecule has 0 aliphatic rings. The van der Waals surface area contributed by atoms with E-state index in [0.717, 1.165) is 17.5 Å². The molecule has 0 saturated heterocycles. The smallest absolute Gasteiger partial charge is 0.263 e. The van der Waals surface area contributed by atoms with Gasteiger partial charge in [0.2, 0.25) is 0 Å². The quantitative estimate of drug-likeness (QED) is 0.898. The van der Waals surface area contributed by atoms with Gasteiger partial charge in [0.05, 0.1) is 5.69 Å². The second-order valence-electron chi connectivity index (χ2n) is 4.55. The van der Waals surface area contributed by atoms with Crippen LogP contribution < -0.4 is 4.72 Å². The molecule has 3 nitrogen and oxygen atoms in total. The number of halogens is 1. The van der Waals surface area contributed by atoms with Gasteiger partial charge in [-0.2, -0.15) is 0 Å². The zero-order chi connectivity index (χ0) is 14.8. The van der Waals surface area contributed by atoms with Crippen LogP contribution in [0.2, 0.25) is 0 Å². The largest absolute Gasteiger partial charge is 0.279 e. The average Bonchev–Trinajstić information content (AvgIpc) is 2.38. The molecule has 0 aliphatic carbocycles. The van der Waals surface area contributed by atoms with E-state index in [1.165, 1.54) is 0 Å². The molecule has 2 aromatic carbocycles. The molecule has 0 amide bonds. The Hall–Kier alpha value is -1.33. The molecular weight excluding hydrogens is 338 g/mol. The Labute approximate surface area is 128 Å². The molecule has 20 heavy (non-hydrogen) atoms. The van der Waals surface area contributed by atoms with Crippen LogP contribution in [-0.2, 0) is 16.4 Å². The van der Waals surface area contributed by atoms with Gasteiger partial charge in [-0.3, -0.25) is 4.72 Å². The molecule has 0 unspecified atom stereocenters. The van der Waals surface area contributed by atoms with Crippen LogP contribution in [0.15, 0.2) is 51.8 Å². The van der Waals surface area contributed by atoms with Crippen LogP contribution in [0.5, 0.6) is 0 Å². The van der Waals surface area contributed by atoms with Crippen molar-refractivity contribution >= 4 is 31.6 Å². The second-order valence-corrected chi connectivity index (χ2v) is 7.06. The molecule has 2 rings (SSSR count). The average molecular weight is 354 g/mol. The molecule has 106 valence electrons. The third-order valence-corrected chi connectivity index (χ3v) is 5.36. The van der Waals surface area contributed by atoms with Crippen molar-refractivity contribution in [3.8, 4) is 0 Å². The van der Waals surface area contributed by atoms with E-state index in [-0.39, 0.29) is 4.90 Å². The van der Waals surface area contributed by atoms with Crippen molar-refractivity contribution in [2.24, 2.45) is 0 Å². The summed E-state index contributed by atoms with van der Waals surface area (Å²) in [6.07, 6.45) is 0.772. The highest BCUT2D eigenvalue weighted by Gasteiger charge is 2.18. The van der Waals surface area contributed by atoms with Gasteiger partial charge in [0.1, 0.15) is 4.90 Å². The van der Waals surface area contributed by atoms with Crippen LogP contribution in [-0.4, -0.2) is 8.42 Å². The molecule has 0 atom stereocenters. The maximum atomic E-state index is 12.5. The fraction of sp³-hybridized carbons (Fsp3) is 0.200. The molecule has 2 aromatic rings. The van der Waals surface area contributed by atoms with Crippen molar-refractivity contribution in [3.05, 3.63) is 58.1 Å². The fourth-order valence-electron chi connectivity index (χ4n) is 1.95. The molecule has 0 aromatic heterocycles. The minimum absolute atomic E-state index is 0.244. The summed E-state index contributed by atoms with van der Waals surface area (Å²) in [5.74, 6) is 0. The van der Waals surface area contributed by atoms with Crippen molar-refractivity contribution in [2.45, 2.75) is 25.2 Å². The number of benzene rings is 2. The number of anilines is 1. The highest BCUT2D eigenvalue weighted by molar-refractivity contribution is 9.10. The molecule has 0 saturated carbocycles. The van der Waals surface area contributed by atoms with Gasteiger partial charge in [-0.25, -0.2) is 8.42 Å². The Morgan fingerprint density at radius 3 is 2.50 bits per heavy atom. The third-order valence-electron chi connectivity index (χ3n) is 3.02. The van der Waals surface area contributed by atoms with Crippen molar-refractivity contribution < 1.29 is 8.42 Å². The van der Waals surface area contributed by atoms with Gasteiger partial charge < -0.3 is 0 Å². The van der Waals surface area contributed by atoms with E-state index >= 15 is 0 Å². The van der Waals surface area contributed by atoms with Gasteiger partial charge >= 0.3 is 0 Å². The SMILES string of the molecule is CCc1ccccc1NS(=O)(=O)c1ccc(C)cc1Br. The standard InChI is InChI=1S/C15H16BrNO2S/c1-3-12-6-4-5-7-14(12)17-20(18,19)15-9-8-11(2)10-13(15)16/h4-10,17H,3H2,1-2H3. The number of para-hydroxylation sites is 1. The van der Waals surface area contributed by atoms with Crippen LogP contribution in [0.1, 0.15) is 18.1 Å². The summed E-state index contributed by atoms with van der Waals surface area (Å²) in [5.41, 5.74) is 2.60. The lowest BCUT2D eigenvalue weighted by atomic mass is 10.1.